The van der Waals surface area contributed by atoms with Gasteiger partial charge in [0.25, 0.3) is 5.91 Å². The number of hydrogen-bond donors (Lipinski definition) is 3. The Morgan fingerprint density at radius 2 is 1.61 bits per heavy atom. The van der Waals surface area contributed by atoms with Crippen molar-refractivity contribution >= 4 is 49.9 Å². The van der Waals surface area contributed by atoms with Crippen LogP contribution in [0.15, 0.2) is 53.4 Å². The SMILES string of the molecule is CC(=O)Nc1nc(CCc2ccc(NC(=O)COC(N)=O)cc2)c(Cc2ccc(S(C)(=O)=O)cc2)s1. The molecule has 0 spiro atoms. The van der Waals surface area contributed by atoms with E-state index in [0.29, 0.717) is 30.1 Å². The van der Waals surface area contributed by atoms with Crippen molar-refractivity contribution in [3.63, 3.8) is 0 Å². The van der Waals surface area contributed by atoms with Crippen molar-refractivity contribution in [2.45, 2.75) is 31.1 Å². The summed E-state index contributed by atoms with van der Waals surface area (Å²) in [5.41, 5.74) is 8.19. The smallest absolute Gasteiger partial charge is 0.405 e. The van der Waals surface area contributed by atoms with E-state index < -0.39 is 28.4 Å². The number of nitrogens with two attached hydrogens (primary N) is 1. The fourth-order valence-electron chi connectivity index (χ4n) is 3.31. The first kappa shape index (κ1) is 26.8. The highest BCUT2D eigenvalue weighted by molar-refractivity contribution is 7.90. The molecule has 12 heteroatoms. The number of aryl methyl sites for hydroxylation is 2. The highest BCUT2D eigenvalue weighted by Gasteiger charge is 2.14. The molecule has 0 fully saturated rings. The number of carbonyl (C=O) groups is 3. The van der Waals surface area contributed by atoms with Gasteiger partial charge in [0.2, 0.25) is 5.91 Å². The van der Waals surface area contributed by atoms with E-state index in [9.17, 15) is 22.8 Å². The molecule has 3 amide bonds. The van der Waals surface area contributed by atoms with Crippen LogP contribution in [-0.2, 0) is 43.4 Å². The number of aromatic nitrogens is 1. The summed E-state index contributed by atoms with van der Waals surface area (Å²) >= 11 is 1.39. The van der Waals surface area contributed by atoms with Gasteiger partial charge in [0.05, 0.1) is 10.6 Å². The van der Waals surface area contributed by atoms with E-state index in [1.165, 1.54) is 24.5 Å². The lowest BCUT2D eigenvalue weighted by Crippen LogP contribution is -2.23. The minimum Gasteiger partial charge on any atom is -0.440 e. The fraction of sp³-hybridized carbons (Fsp3) is 0.250. The van der Waals surface area contributed by atoms with Gasteiger partial charge in [-0.3, -0.25) is 9.59 Å². The van der Waals surface area contributed by atoms with E-state index in [1.54, 1.807) is 36.4 Å². The Morgan fingerprint density at radius 1 is 0.972 bits per heavy atom. The number of benzene rings is 2. The molecule has 0 aliphatic heterocycles. The quantitative estimate of drug-likeness (QED) is 0.364. The number of nitrogens with zero attached hydrogens (tertiary/aromatic N) is 1. The first-order chi connectivity index (χ1) is 17.0. The monoisotopic (exact) mass is 530 g/mol. The maximum Gasteiger partial charge on any atom is 0.405 e. The van der Waals surface area contributed by atoms with Crippen LogP contribution in [0.3, 0.4) is 0 Å². The first-order valence-corrected chi connectivity index (χ1v) is 13.6. The Balaban J connectivity index is 1.68. The Labute approximate surface area is 212 Å². The minimum absolute atomic E-state index is 0.210. The van der Waals surface area contributed by atoms with Gasteiger partial charge in [0, 0.05) is 30.2 Å². The van der Waals surface area contributed by atoms with E-state index in [4.69, 9.17) is 5.73 Å². The predicted octanol–water partition coefficient (Wildman–Crippen LogP) is 2.91. The van der Waals surface area contributed by atoms with E-state index >= 15 is 0 Å². The molecule has 0 aliphatic rings. The number of thiazole rings is 1. The molecule has 0 saturated heterocycles. The van der Waals surface area contributed by atoms with Crippen molar-refractivity contribution in [1.29, 1.82) is 0 Å². The summed E-state index contributed by atoms with van der Waals surface area (Å²) in [6, 6.07) is 13.9. The van der Waals surface area contributed by atoms with E-state index in [1.807, 2.05) is 12.1 Å². The fourth-order valence-corrected chi connectivity index (χ4v) is 5.03. The van der Waals surface area contributed by atoms with Gasteiger partial charge in [-0.25, -0.2) is 18.2 Å². The second-order valence-electron chi connectivity index (χ2n) is 8.02. The van der Waals surface area contributed by atoms with Gasteiger partial charge < -0.3 is 21.1 Å². The van der Waals surface area contributed by atoms with Crippen molar-refractivity contribution in [2.24, 2.45) is 5.73 Å². The van der Waals surface area contributed by atoms with Crippen LogP contribution in [0.5, 0.6) is 0 Å². The zero-order valence-electron chi connectivity index (χ0n) is 19.7. The van der Waals surface area contributed by atoms with Gasteiger partial charge in [-0.15, -0.1) is 11.3 Å². The molecular weight excluding hydrogens is 504 g/mol. The van der Waals surface area contributed by atoms with Crippen molar-refractivity contribution in [3.8, 4) is 0 Å². The number of anilines is 2. The summed E-state index contributed by atoms with van der Waals surface area (Å²) < 4.78 is 27.9. The lowest BCUT2D eigenvalue weighted by atomic mass is 10.0. The number of amides is 3. The number of carbonyl (C=O) groups excluding carboxylic acids is 3. The van der Waals surface area contributed by atoms with Crippen LogP contribution >= 0.6 is 11.3 Å². The largest absolute Gasteiger partial charge is 0.440 e. The molecule has 3 aromatic rings. The molecule has 0 aliphatic carbocycles. The number of nitrogens with one attached hydrogen (secondary N) is 2. The summed E-state index contributed by atoms with van der Waals surface area (Å²) in [6.07, 6.45) is 1.99. The molecule has 2 aromatic carbocycles. The molecule has 1 aromatic heterocycles. The third-order valence-electron chi connectivity index (χ3n) is 5.01. The van der Waals surface area contributed by atoms with Gasteiger partial charge in [-0.1, -0.05) is 24.3 Å². The number of rotatable bonds is 10. The van der Waals surface area contributed by atoms with Gasteiger partial charge in [-0.2, -0.15) is 0 Å². The lowest BCUT2D eigenvalue weighted by Gasteiger charge is -2.07. The lowest BCUT2D eigenvalue weighted by molar-refractivity contribution is -0.119. The zero-order chi connectivity index (χ0) is 26.3. The molecule has 1 heterocycles. The Kier molecular flexibility index (Phi) is 8.78. The standard InChI is InChI=1S/C24H26N4O6S2/c1-15(29)26-24-28-20(21(35-24)13-17-5-10-19(11-6-17)36(2,32)33)12-7-16-3-8-18(9-4-16)27-22(30)14-34-23(25)31/h3-6,8-11H,7,12-14H2,1-2H3,(H2,25,31)(H,27,30)(H,26,28,29). The molecule has 10 nitrogen and oxygen atoms in total. The van der Waals surface area contributed by atoms with Crippen LogP contribution in [0, 0.1) is 0 Å². The molecule has 0 unspecified atom stereocenters. The summed E-state index contributed by atoms with van der Waals surface area (Å²) in [7, 11) is -3.27. The molecular formula is C24H26N4O6S2. The van der Waals surface area contributed by atoms with Crippen LogP contribution in [0.4, 0.5) is 15.6 Å². The average Bonchev–Trinajstić information content (AvgIpc) is 3.17. The van der Waals surface area contributed by atoms with Crippen molar-refractivity contribution < 1.29 is 27.5 Å². The Hall–Kier alpha value is -3.77. The Morgan fingerprint density at radius 3 is 2.19 bits per heavy atom. The highest BCUT2D eigenvalue weighted by atomic mass is 32.2. The van der Waals surface area contributed by atoms with E-state index in [0.717, 1.165) is 21.7 Å². The first-order valence-electron chi connectivity index (χ1n) is 10.9. The molecule has 0 radical (unpaired) electrons. The van der Waals surface area contributed by atoms with Crippen LogP contribution in [0.25, 0.3) is 0 Å². The van der Waals surface area contributed by atoms with E-state index in [-0.39, 0.29) is 10.8 Å². The molecule has 3 rings (SSSR count). The third-order valence-corrected chi connectivity index (χ3v) is 7.15. The normalized spacial score (nSPS) is 11.1. The third kappa shape index (κ3) is 8.17. The number of hydrogen-bond acceptors (Lipinski definition) is 8. The van der Waals surface area contributed by atoms with Crippen LogP contribution < -0.4 is 16.4 Å². The number of ether oxygens (including phenoxy) is 1. The average molecular weight is 531 g/mol. The molecule has 190 valence electrons. The van der Waals surface area contributed by atoms with Gasteiger partial charge in [0.1, 0.15) is 0 Å². The van der Waals surface area contributed by atoms with Crippen molar-refractivity contribution in [3.05, 3.63) is 70.2 Å². The summed E-state index contributed by atoms with van der Waals surface area (Å²) in [5.74, 6) is -0.707. The van der Waals surface area contributed by atoms with Crippen molar-refractivity contribution in [1.82, 2.24) is 4.98 Å². The summed E-state index contributed by atoms with van der Waals surface area (Å²) in [6.45, 7) is 0.961. The molecule has 0 atom stereocenters. The van der Waals surface area contributed by atoms with Gasteiger partial charge in [0.15, 0.2) is 21.6 Å². The van der Waals surface area contributed by atoms with Gasteiger partial charge in [-0.05, 0) is 48.2 Å². The summed E-state index contributed by atoms with van der Waals surface area (Å²) in [4.78, 5) is 39.7. The highest BCUT2D eigenvalue weighted by Crippen LogP contribution is 2.27. The molecule has 4 N–H and O–H groups in total. The second kappa shape index (κ2) is 11.8. The predicted molar refractivity (Wildman–Crippen MR) is 137 cm³/mol. The van der Waals surface area contributed by atoms with Crippen LogP contribution in [0.1, 0.15) is 28.6 Å². The number of primary amides is 1. The topological polar surface area (TPSA) is 158 Å². The minimum atomic E-state index is -3.27. The van der Waals surface area contributed by atoms with Crippen LogP contribution in [0.2, 0.25) is 0 Å². The maximum atomic E-state index is 11.7. The molecule has 36 heavy (non-hydrogen) atoms. The maximum absolute atomic E-state index is 11.7. The van der Waals surface area contributed by atoms with Crippen molar-refractivity contribution in [2.75, 3.05) is 23.5 Å². The molecule has 0 bridgehead atoms. The molecule has 0 saturated carbocycles. The number of sulfone groups is 1. The summed E-state index contributed by atoms with van der Waals surface area (Å²) in [5, 5.41) is 5.85. The zero-order valence-corrected chi connectivity index (χ0v) is 21.4. The van der Waals surface area contributed by atoms with E-state index in [2.05, 4.69) is 20.4 Å². The van der Waals surface area contributed by atoms with Crippen LogP contribution in [-0.4, -0.2) is 44.2 Å². The Bertz CT molecular complexity index is 1350. The second-order valence-corrected chi connectivity index (χ2v) is 11.1. The van der Waals surface area contributed by atoms with Gasteiger partial charge >= 0.3 is 6.09 Å².